The molecule has 0 aromatic carbocycles. The molecule has 1 rings (SSSR count). The normalized spacial score (nSPS) is 32.6. The van der Waals surface area contributed by atoms with Crippen LogP contribution in [0.15, 0.2) is 0 Å². The molecule has 14 heavy (non-hydrogen) atoms. The molecule has 0 N–H and O–H groups in total. The van der Waals surface area contributed by atoms with Gasteiger partial charge in [0.2, 0.25) is 0 Å². The van der Waals surface area contributed by atoms with Gasteiger partial charge in [-0.1, -0.05) is 63.7 Å². The monoisotopic (exact) mass is 260 g/mol. The van der Waals surface area contributed by atoms with E-state index in [4.69, 9.17) is 0 Å². The molecule has 0 aromatic rings. The van der Waals surface area contributed by atoms with Crippen LogP contribution in [0, 0.1) is 0 Å². The summed E-state index contributed by atoms with van der Waals surface area (Å²) >= 11 is 0. The van der Waals surface area contributed by atoms with Crippen molar-refractivity contribution in [3.05, 3.63) is 0 Å². The van der Waals surface area contributed by atoms with E-state index in [2.05, 4.69) is 52.4 Å². The Hall–Kier alpha value is 0.868. The molecule has 0 aliphatic carbocycles. The van der Waals surface area contributed by atoms with Gasteiger partial charge in [0.1, 0.15) is 0 Å². The van der Waals surface area contributed by atoms with Crippen molar-refractivity contribution in [3.8, 4) is 0 Å². The minimum atomic E-state index is -0.807. The van der Waals surface area contributed by atoms with Crippen LogP contribution in [0.3, 0.4) is 0 Å². The SMILES string of the molecule is C[Si]1(C)C[Si](C)(C)[Si](C)(C)C[Si]1(C)C. The predicted molar refractivity (Wildman–Crippen MR) is 79.5 cm³/mol. The Morgan fingerprint density at radius 1 is 0.429 bits per heavy atom. The molecule has 84 valence electrons. The van der Waals surface area contributed by atoms with Crippen molar-refractivity contribution in [2.75, 3.05) is 0 Å². The highest BCUT2D eigenvalue weighted by Gasteiger charge is 2.57. The highest BCUT2D eigenvalue weighted by atomic mass is 29.3. The third kappa shape index (κ3) is 1.90. The van der Waals surface area contributed by atoms with Crippen molar-refractivity contribution in [1.82, 2.24) is 0 Å². The third-order valence-corrected chi connectivity index (χ3v) is 55.3. The zero-order valence-corrected chi connectivity index (χ0v) is 15.4. The molecule has 0 atom stereocenters. The first-order valence-corrected chi connectivity index (χ1v) is 20.7. The molecule has 1 aliphatic heterocycles. The second-order valence-corrected chi connectivity index (χ2v) is 42.0. The maximum Gasteiger partial charge on any atom is 0.0382 e. The highest BCUT2D eigenvalue weighted by molar-refractivity contribution is 7.58. The van der Waals surface area contributed by atoms with Crippen LogP contribution < -0.4 is 0 Å². The molecule has 1 fully saturated rings. The second-order valence-electron chi connectivity index (χ2n) is 7.89. The fraction of sp³-hybridized carbons (Fsp3) is 1.00. The van der Waals surface area contributed by atoms with E-state index in [9.17, 15) is 0 Å². The van der Waals surface area contributed by atoms with Gasteiger partial charge in [0, 0.05) is 30.4 Å². The molecule has 1 heterocycles. The van der Waals surface area contributed by atoms with E-state index in [0.29, 0.717) is 0 Å². The van der Waals surface area contributed by atoms with E-state index in [-0.39, 0.29) is 0 Å². The molecule has 1 aliphatic rings. The molecule has 0 unspecified atom stereocenters. The van der Waals surface area contributed by atoms with Gasteiger partial charge in [0.15, 0.2) is 0 Å². The molecule has 0 radical (unpaired) electrons. The highest BCUT2D eigenvalue weighted by Crippen LogP contribution is 2.44. The van der Waals surface area contributed by atoms with E-state index >= 15 is 0 Å². The summed E-state index contributed by atoms with van der Waals surface area (Å²) in [5.74, 6) is 0. The molecule has 4 heteroatoms. The lowest BCUT2D eigenvalue weighted by molar-refractivity contribution is 1.47. The Kier molecular flexibility index (Phi) is 2.94. The minimum absolute atomic E-state index is 0.807. The topological polar surface area (TPSA) is 0 Å². The van der Waals surface area contributed by atoms with Gasteiger partial charge in [-0.15, -0.1) is 0 Å². The fourth-order valence-corrected chi connectivity index (χ4v) is 64.8. The first-order chi connectivity index (χ1) is 5.91. The summed E-state index contributed by atoms with van der Waals surface area (Å²) in [6, 6.07) is 0. The summed E-state index contributed by atoms with van der Waals surface area (Å²) in [5, 5.41) is 0. The molecule has 0 saturated carbocycles. The lowest BCUT2D eigenvalue weighted by Gasteiger charge is -2.56. The zero-order chi connectivity index (χ0) is 11.4. The van der Waals surface area contributed by atoms with Crippen LogP contribution in [0.4, 0.5) is 0 Å². The molecule has 0 spiro atoms. The van der Waals surface area contributed by atoms with Crippen LogP contribution in [-0.2, 0) is 0 Å². The Morgan fingerprint density at radius 2 is 0.571 bits per heavy atom. The van der Waals surface area contributed by atoms with Crippen LogP contribution in [-0.4, -0.2) is 30.4 Å². The largest absolute Gasteiger partial charge is 0.0715 e. The molecule has 0 amide bonds. The van der Waals surface area contributed by atoms with Gasteiger partial charge < -0.3 is 0 Å². The summed E-state index contributed by atoms with van der Waals surface area (Å²) in [6.45, 7) is 21.5. The standard InChI is InChI=1S/C10H28Si4/c1-11(2)9-13(5,6)14(7,8)10-12(11,3)4/h9-10H2,1-8H3. The first-order valence-electron chi connectivity index (χ1n) is 5.91. The van der Waals surface area contributed by atoms with Gasteiger partial charge in [-0.25, -0.2) is 0 Å². The van der Waals surface area contributed by atoms with Crippen molar-refractivity contribution in [1.29, 1.82) is 0 Å². The van der Waals surface area contributed by atoms with Gasteiger partial charge >= 0.3 is 0 Å². The van der Waals surface area contributed by atoms with E-state index in [0.717, 1.165) is 0 Å². The number of hydrogen-bond donors (Lipinski definition) is 0. The molecule has 0 aromatic heterocycles. The average Bonchev–Trinajstić information content (AvgIpc) is 1.78. The minimum Gasteiger partial charge on any atom is -0.0715 e. The van der Waals surface area contributed by atoms with Crippen LogP contribution in [0.2, 0.25) is 63.7 Å². The Labute approximate surface area is 94.1 Å². The zero-order valence-electron chi connectivity index (χ0n) is 11.4. The molecule has 0 bridgehead atoms. The maximum atomic E-state index is 2.69. The van der Waals surface area contributed by atoms with Gasteiger partial charge in [-0.2, -0.15) is 0 Å². The smallest absolute Gasteiger partial charge is 0.0382 e. The lowest BCUT2D eigenvalue weighted by atomic mass is 11.7. The van der Waals surface area contributed by atoms with Crippen molar-refractivity contribution in [2.45, 2.75) is 63.7 Å². The Morgan fingerprint density at radius 3 is 0.714 bits per heavy atom. The van der Waals surface area contributed by atoms with E-state index < -0.39 is 30.4 Å². The van der Waals surface area contributed by atoms with E-state index in [1.54, 1.807) is 11.3 Å². The van der Waals surface area contributed by atoms with Crippen molar-refractivity contribution >= 4 is 30.4 Å². The maximum absolute atomic E-state index is 2.69. The van der Waals surface area contributed by atoms with E-state index in [1.165, 1.54) is 0 Å². The van der Waals surface area contributed by atoms with Gasteiger partial charge in [0.05, 0.1) is 0 Å². The summed E-state index contributed by atoms with van der Waals surface area (Å²) < 4.78 is 0. The second kappa shape index (κ2) is 3.18. The third-order valence-electron chi connectivity index (χ3n) is 5.43. The number of hydrogen-bond acceptors (Lipinski definition) is 0. The van der Waals surface area contributed by atoms with Crippen LogP contribution in [0.5, 0.6) is 0 Å². The Balaban J connectivity index is 3.07. The molecule has 0 nitrogen and oxygen atoms in total. The van der Waals surface area contributed by atoms with Crippen LogP contribution >= 0.6 is 0 Å². The number of rotatable bonds is 0. The molecule has 1 saturated heterocycles. The average molecular weight is 261 g/mol. The summed E-state index contributed by atoms with van der Waals surface area (Å²) in [7, 11) is -3.23. The first kappa shape index (κ1) is 12.9. The Bertz CT molecular complexity index is 191. The summed E-state index contributed by atoms with van der Waals surface area (Å²) in [4.78, 5) is 0. The summed E-state index contributed by atoms with van der Waals surface area (Å²) in [5.41, 5.74) is 3.47. The summed E-state index contributed by atoms with van der Waals surface area (Å²) in [6.07, 6.45) is 0. The molecular formula is C10H28Si4. The molecular weight excluding hydrogens is 232 g/mol. The van der Waals surface area contributed by atoms with Crippen molar-refractivity contribution in [2.24, 2.45) is 0 Å². The van der Waals surface area contributed by atoms with Gasteiger partial charge in [0.25, 0.3) is 0 Å². The lowest BCUT2D eigenvalue weighted by Crippen LogP contribution is -2.73. The van der Waals surface area contributed by atoms with Crippen molar-refractivity contribution < 1.29 is 0 Å². The van der Waals surface area contributed by atoms with Crippen LogP contribution in [0.1, 0.15) is 0 Å². The van der Waals surface area contributed by atoms with Gasteiger partial charge in [-0.05, 0) is 0 Å². The quantitative estimate of drug-likeness (QED) is 0.576. The van der Waals surface area contributed by atoms with Crippen molar-refractivity contribution in [3.63, 3.8) is 0 Å². The van der Waals surface area contributed by atoms with Crippen LogP contribution in [0.25, 0.3) is 0 Å². The fourth-order valence-electron chi connectivity index (χ4n) is 3.17. The van der Waals surface area contributed by atoms with Gasteiger partial charge in [-0.3, -0.25) is 0 Å². The van der Waals surface area contributed by atoms with E-state index in [1.807, 2.05) is 0 Å². The predicted octanol–water partition coefficient (Wildman–Crippen LogP) is 4.07.